The molecular weight excluding hydrogens is 252 g/mol. The second kappa shape index (κ2) is 5.11. The van der Waals surface area contributed by atoms with E-state index in [1.807, 2.05) is 13.0 Å². The molecule has 0 saturated carbocycles. The Hall–Kier alpha value is -1.99. The van der Waals surface area contributed by atoms with Gasteiger partial charge in [-0.3, -0.25) is 4.98 Å². The van der Waals surface area contributed by atoms with Crippen LogP contribution in [-0.4, -0.2) is 18.7 Å². The van der Waals surface area contributed by atoms with Crippen molar-refractivity contribution in [1.82, 2.24) is 4.98 Å². The number of nitrogens with zero attached hydrogens (tertiary/aromatic N) is 2. The van der Waals surface area contributed by atoms with Crippen molar-refractivity contribution < 1.29 is 9.47 Å². The quantitative estimate of drug-likeness (QED) is 0.853. The fourth-order valence-electron chi connectivity index (χ4n) is 1.67. The van der Waals surface area contributed by atoms with Gasteiger partial charge in [0.25, 0.3) is 0 Å². The van der Waals surface area contributed by atoms with Crippen LogP contribution in [0.2, 0.25) is 5.02 Å². The van der Waals surface area contributed by atoms with Crippen molar-refractivity contribution in [3.8, 4) is 17.6 Å². The van der Waals surface area contributed by atoms with E-state index in [4.69, 9.17) is 26.3 Å². The SMILES string of the molecule is CCOc1cc2c(Cl)c(C#N)cnc2cc1OC. The van der Waals surface area contributed by atoms with Crippen molar-refractivity contribution in [3.05, 3.63) is 28.9 Å². The molecule has 92 valence electrons. The lowest BCUT2D eigenvalue weighted by molar-refractivity contribution is 0.311. The van der Waals surface area contributed by atoms with E-state index in [1.165, 1.54) is 6.20 Å². The van der Waals surface area contributed by atoms with Gasteiger partial charge in [0.2, 0.25) is 0 Å². The van der Waals surface area contributed by atoms with Crippen LogP contribution in [0, 0.1) is 11.3 Å². The molecule has 0 N–H and O–H groups in total. The van der Waals surface area contributed by atoms with E-state index in [0.717, 1.165) is 0 Å². The highest BCUT2D eigenvalue weighted by Gasteiger charge is 2.12. The van der Waals surface area contributed by atoms with E-state index in [1.54, 1.807) is 19.2 Å². The Morgan fingerprint density at radius 2 is 2.17 bits per heavy atom. The fourth-order valence-corrected chi connectivity index (χ4v) is 1.92. The zero-order chi connectivity index (χ0) is 13.1. The minimum Gasteiger partial charge on any atom is -0.493 e. The minimum absolute atomic E-state index is 0.344. The number of hydrogen-bond donors (Lipinski definition) is 0. The molecule has 18 heavy (non-hydrogen) atoms. The zero-order valence-electron chi connectivity index (χ0n) is 10.0. The van der Waals surface area contributed by atoms with Crippen molar-refractivity contribution >= 4 is 22.5 Å². The highest BCUT2D eigenvalue weighted by atomic mass is 35.5. The third-order valence-corrected chi connectivity index (χ3v) is 2.92. The summed E-state index contributed by atoms with van der Waals surface area (Å²) in [4.78, 5) is 4.18. The molecule has 1 heterocycles. The first-order chi connectivity index (χ1) is 8.71. The van der Waals surface area contributed by atoms with Gasteiger partial charge in [0.15, 0.2) is 11.5 Å². The maximum absolute atomic E-state index is 8.92. The molecule has 1 aromatic carbocycles. The lowest BCUT2D eigenvalue weighted by Crippen LogP contribution is -1.96. The number of rotatable bonds is 3. The van der Waals surface area contributed by atoms with E-state index in [2.05, 4.69) is 4.98 Å². The van der Waals surface area contributed by atoms with Crippen LogP contribution in [0.5, 0.6) is 11.5 Å². The molecule has 5 heteroatoms. The van der Waals surface area contributed by atoms with Gasteiger partial charge in [-0.25, -0.2) is 0 Å². The monoisotopic (exact) mass is 262 g/mol. The number of ether oxygens (including phenoxy) is 2. The number of halogens is 1. The van der Waals surface area contributed by atoms with Crippen LogP contribution in [0.4, 0.5) is 0 Å². The predicted molar refractivity (Wildman–Crippen MR) is 69.2 cm³/mol. The first kappa shape index (κ1) is 12.5. The van der Waals surface area contributed by atoms with Gasteiger partial charge in [0, 0.05) is 17.6 Å². The number of benzene rings is 1. The average Bonchev–Trinajstić information content (AvgIpc) is 2.39. The standard InChI is InChI=1S/C13H11ClN2O2/c1-3-18-12-4-9-10(5-11(12)17-2)16-7-8(6-15)13(9)14/h4-5,7H,3H2,1-2H3. The molecule has 4 nitrogen and oxygen atoms in total. The number of fused-ring (bicyclic) bond motifs is 1. The van der Waals surface area contributed by atoms with E-state index in [-0.39, 0.29) is 0 Å². The van der Waals surface area contributed by atoms with Crippen LogP contribution in [0.25, 0.3) is 10.9 Å². The summed E-state index contributed by atoms with van der Waals surface area (Å²) in [5.41, 5.74) is 1.01. The molecule has 0 spiro atoms. The maximum Gasteiger partial charge on any atom is 0.162 e. The summed E-state index contributed by atoms with van der Waals surface area (Å²) in [6, 6.07) is 5.49. The van der Waals surface area contributed by atoms with Gasteiger partial charge in [0.05, 0.1) is 29.8 Å². The second-order valence-corrected chi connectivity index (χ2v) is 3.93. The minimum atomic E-state index is 0.344. The molecule has 2 aromatic rings. The van der Waals surface area contributed by atoms with Crippen LogP contribution in [-0.2, 0) is 0 Å². The lowest BCUT2D eigenvalue weighted by Gasteiger charge is -2.11. The lowest BCUT2D eigenvalue weighted by atomic mass is 10.1. The molecule has 1 aromatic heterocycles. The largest absolute Gasteiger partial charge is 0.493 e. The number of aromatic nitrogens is 1. The molecule has 0 amide bonds. The number of methoxy groups -OCH3 is 1. The van der Waals surface area contributed by atoms with Crippen LogP contribution >= 0.6 is 11.6 Å². The highest BCUT2D eigenvalue weighted by molar-refractivity contribution is 6.36. The van der Waals surface area contributed by atoms with Gasteiger partial charge in [0.1, 0.15) is 6.07 Å². The molecule has 0 bridgehead atoms. The molecule has 0 aliphatic carbocycles. The molecule has 0 radical (unpaired) electrons. The first-order valence-corrected chi connectivity index (χ1v) is 5.78. The molecule has 0 unspecified atom stereocenters. The number of hydrogen-bond acceptors (Lipinski definition) is 4. The molecule has 2 rings (SSSR count). The molecular formula is C13H11ClN2O2. The Bertz CT molecular complexity index is 635. The summed E-state index contributed by atoms with van der Waals surface area (Å²) < 4.78 is 10.7. The van der Waals surface area contributed by atoms with E-state index in [0.29, 0.717) is 39.6 Å². The molecule has 0 aliphatic rings. The third kappa shape index (κ3) is 2.05. The second-order valence-electron chi connectivity index (χ2n) is 3.55. The Morgan fingerprint density at radius 1 is 1.39 bits per heavy atom. The molecule has 0 saturated heterocycles. The average molecular weight is 263 g/mol. The third-order valence-electron chi connectivity index (χ3n) is 2.51. The smallest absolute Gasteiger partial charge is 0.162 e. The van der Waals surface area contributed by atoms with Gasteiger partial charge in [-0.2, -0.15) is 5.26 Å². The fraction of sp³-hybridized carbons (Fsp3) is 0.231. The zero-order valence-corrected chi connectivity index (χ0v) is 10.8. The Morgan fingerprint density at radius 3 is 2.78 bits per heavy atom. The molecule has 0 atom stereocenters. The summed E-state index contributed by atoms with van der Waals surface area (Å²) in [7, 11) is 1.56. The first-order valence-electron chi connectivity index (χ1n) is 5.40. The molecule has 0 fully saturated rings. The Balaban J connectivity index is 2.72. The van der Waals surface area contributed by atoms with Gasteiger partial charge in [-0.05, 0) is 13.0 Å². The van der Waals surface area contributed by atoms with E-state index in [9.17, 15) is 0 Å². The van der Waals surface area contributed by atoms with Crippen LogP contribution in [0.1, 0.15) is 12.5 Å². The van der Waals surface area contributed by atoms with Crippen molar-refractivity contribution in [1.29, 1.82) is 5.26 Å². The summed E-state index contributed by atoms with van der Waals surface area (Å²) in [6.45, 7) is 2.40. The molecule has 0 aliphatic heterocycles. The van der Waals surface area contributed by atoms with Crippen LogP contribution in [0.3, 0.4) is 0 Å². The van der Waals surface area contributed by atoms with Crippen molar-refractivity contribution in [3.63, 3.8) is 0 Å². The summed E-state index contributed by atoms with van der Waals surface area (Å²) in [5.74, 6) is 1.18. The topological polar surface area (TPSA) is 55.1 Å². The Kier molecular flexibility index (Phi) is 3.54. The van der Waals surface area contributed by atoms with Gasteiger partial charge in [-0.15, -0.1) is 0 Å². The van der Waals surface area contributed by atoms with Gasteiger partial charge < -0.3 is 9.47 Å². The van der Waals surface area contributed by atoms with E-state index < -0.39 is 0 Å². The van der Waals surface area contributed by atoms with Crippen LogP contribution in [0.15, 0.2) is 18.3 Å². The summed E-state index contributed by atoms with van der Waals surface area (Å²) >= 11 is 6.15. The van der Waals surface area contributed by atoms with Crippen molar-refractivity contribution in [2.45, 2.75) is 6.92 Å². The van der Waals surface area contributed by atoms with Gasteiger partial charge >= 0.3 is 0 Å². The normalized spacial score (nSPS) is 10.1. The van der Waals surface area contributed by atoms with Crippen molar-refractivity contribution in [2.24, 2.45) is 0 Å². The van der Waals surface area contributed by atoms with Gasteiger partial charge in [-0.1, -0.05) is 11.6 Å². The highest BCUT2D eigenvalue weighted by Crippen LogP contribution is 2.35. The van der Waals surface area contributed by atoms with Crippen molar-refractivity contribution in [2.75, 3.05) is 13.7 Å². The predicted octanol–water partition coefficient (Wildman–Crippen LogP) is 3.17. The number of nitriles is 1. The maximum atomic E-state index is 8.92. The van der Waals surface area contributed by atoms with Crippen LogP contribution < -0.4 is 9.47 Å². The number of pyridine rings is 1. The Labute approximate surface area is 110 Å². The summed E-state index contributed by atoms with van der Waals surface area (Å²) in [6.07, 6.45) is 1.45. The van der Waals surface area contributed by atoms with E-state index >= 15 is 0 Å². The summed E-state index contributed by atoms with van der Waals surface area (Å²) in [5, 5.41) is 9.98.